The summed E-state index contributed by atoms with van der Waals surface area (Å²) in [7, 11) is 0. The van der Waals surface area contributed by atoms with Gasteiger partial charge in [-0.25, -0.2) is 9.78 Å². The highest BCUT2D eigenvalue weighted by Crippen LogP contribution is 2.29. The van der Waals surface area contributed by atoms with Gasteiger partial charge in [0.15, 0.2) is 0 Å². The Balaban J connectivity index is 2.22. The Hall–Kier alpha value is -1.53. The van der Waals surface area contributed by atoms with Gasteiger partial charge in [-0.2, -0.15) is 0 Å². The first-order chi connectivity index (χ1) is 9.60. The Bertz CT molecular complexity index is 617. The van der Waals surface area contributed by atoms with Crippen molar-refractivity contribution in [3.8, 4) is 0 Å². The van der Waals surface area contributed by atoms with Crippen LogP contribution in [0.15, 0.2) is 50.9 Å². The zero-order valence-electron chi connectivity index (χ0n) is 10.8. The summed E-state index contributed by atoms with van der Waals surface area (Å²) in [5.41, 5.74) is 6.60. The van der Waals surface area contributed by atoms with E-state index in [4.69, 9.17) is 10.5 Å². The molecule has 0 saturated carbocycles. The van der Waals surface area contributed by atoms with Crippen molar-refractivity contribution in [2.24, 2.45) is 0 Å². The maximum absolute atomic E-state index is 11.8. The Morgan fingerprint density at radius 2 is 2.20 bits per heavy atom. The van der Waals surface area contributed by atoms with Gasteiger partial charge in [0.1, 0.15) is 5.03 Å². The number of nitrogen functional groups attached to an aromatic ring is 1. The quantitative estimate of drug-likeness (QED) is 0.670. The number of aromatic nitrogens is 1. The lowest BCUT2D eigenvalue weighted by Crippen LogP contribution is -2.07. The molecule has 4 nitrogen and oxygen atoms in total. The number of carbonyl (C=O) groups is 1. The van der Waals surface area contributed by atoms with Gasteiger partial charge >= 0.3 is 5.97 Å². The monoisotopic (exact) mass is 352 g/mol. The summed E-state index contributed by atoms with van der Waals surface area (Å²) < 4.78 is 5.90. The van der Waals surface area contributed by atoms with Gasteiger partial charge in [-0.1, -0.05) is 11.8 Å². The first kappa shape index (κ1) is 14.9. The summed E-state index contributed by atoms with van der Waals surface area (Å²) in [5.74, 6) is -0.406. The summed E-state index contributed by atoms with van der Waals surface area (Å²) in [6.45, 7) is 2.09. The maximum atomic E-state index is 11.8. The molecule has 0 amide bonds. The van der Waals surface area contributed by atoms with Gasteiger partial charge in [0.25, 0.3) is 0 Å². The van der Waals surface area contributed by atoms with Crippen LogP contribution in [0.5, 0.6) is 0 Å². The van der Waals surface area contributed by atoms with E-state index in [-0.39, 0.29) is 0 Å². The number of ether oxygens (including phenoxy) is 1. The molecule has 2 N–H and O–H groups in total. The summed E-state index contributed by atoms with van der Waals surface area (Å²) in [6.07, 6.45) is 1.73. The van der Waals surface area contributed by atoms with Gasteiger partial charge in [-0.3, -0.25) is 0 Å². The number of halogens is 1. The second kappa shape index (κ2) is 6.76. The number of pyridine rings is 1. The molecule has 2 aromatic rings. The average molecular weight is 353 g/mol. The largest absolute Gasteiger partial charge is 0.462 e. The molecular weight excluding hydrogens is 340 g/mol. The van der Waals surface area contributed by atoms with Crippen LogP contribution in [0.25, 0.3) is 0 Å². The predicted molar refractivity (Wildman–Crippen MR) is 82.9 cm³/mol. The second-order valence-corrected chi connectivity index (χ2v) is 5.90. The third-order valence-electron chi connectivity index (χ3n) is 2.44. The fraction of sp³-hybridized carbons (Fsp3) is 0.143. The average Bonchev–Trinajstić information content (AvgIpc) is 2.43. The van der Waals surface area contributed by atoms with E-state index < -0.39 is 5.97 Å². The van der Waals surface area contributed by atoms with Crippen molar-refractivity contribution in [2.75, 3.05) is 12.3 Å². The maximum Gasteiger partial charge on any atom is 0.340 e. The Labute approximate surface area is 129 Å². The van der Waals surface area contributed by atoms with Crippen LogP contribution in [0.1, 0.15) is 17.3 Å². The van der Waals surface area contributed by atoms with Gasteiger partial charge in [-0.15, -0.1) is 0 Å². The Morgan fingerprint density at radius 3 is 2.85 bits per heavy atom. The molecule has 0 aliphatic rings. The lowest BCUT2D eigenvalue weighted by Gasteiger charge is -2.07. The molecule has 0 spiro atoms. The van der Waals surface area contributed by atoms with E-state index in [0.29, 0.717) is 17.9 Å². The van der Waals surface area contributed by atoms with Crippen molar-refractivity contribution in [1.29, 1.82) is 0 Å². The van der Waals surface area contributed by atoms with E-state index in [1.165, 1.54) is 11.8 Å². The number of benzene rings is 1. The third kappa shape index (κ3) is 3.74. The van der Waals surface area contributed by atoms with Crippen LogP contribution >= 0.6 is 27.7 Å². The number of nitrogens with zero attached hydrogens (tertiary/aromatic N) is 1. The normalized spacial score (nSPS) is 10.3. The number of hydrogen-bond donors (Lipinski definition) is 1. The van der Waals surface area contributed by atoms with E-state index in [1.54, 1.807) is 25.3 Å². The summed E-state index contributed by atoms with van der Waals surface area (Å²) in [4.78, 5) is 16.9. The minimum atomic E-state index is -0.406. The highest BCUT2D eigenvalue weighted by Gasteiger charge is 2.12. The first-order valence-corrected chi connectivity index (χ1v) is 7.57. The number of rotatable bonds is 4. The molecule has 1 aromatic carbocycles. The van der Waals surface area contributed by atoms with E-state index in [2.05, 4.69) is 20.9 Å². The van der Waals surface area contributed by atoms with Gasteiger partial charge in [0.05, 0.1) is 12.2 Å². The molecule has 1 heterocycles. The van der Waals surface area contributed by atoms with Crippen molar-refractivity contribution < 1.29 is 9.53 Å². The fourth-order valence-electron chi connectivity index (χ4n) is 1.53. The Kier molecular flexibility index (Phi) is 5.03. The fourth-order valence-corrected chi connectivity index (χ4v) is 2.56. The standard InChI is InChI=1S/C14H13BrN2O2S/c1-2-19-14(18)11-7-10(4-5-12(11)16)20-13-6-3-9(15)8-17-13/h3-8H,2,16H2,1H3. The third-order valence-corrected chi connectivity index (χ3v) is 3.85. The zero-order valence-corrected chi connectivity index (χ0v) is 13.2. The SMILES string of the molecule is CCOC(=O)c1cc(Sc2ccc(Br)cn2)ccc1N. The predicted octanol–water partition coefficient (Wildman–Crippen LogP) is 3.75. The van der Waals surface area contributed by atoms with Gasteiger partial charge in [-0.05, 0) is 53.2 Å². The van der Waals surface area contributed by atoms with Crippen LogP contribution in [0.2, 0.25) is 0 Å². The second-order valence-electron chi connectivity index (χ2n) is 3.89. The number of anilines is 1. The summed E-state index contributed by atoms with van der Waals surface area (Å²) in [6, 6.07) is 9.09. The van der Waals surface area contributed by atoms with Crippen LogP contribution < -0.4 is 5.73 Å². The summed E-state index contributed by atoms with van der Waals surface area (Å²) in [5, 5.41) is 0.841. The summed E-state index contributed by atoms with van der Waals surface area (Å²) >= 11 is 4.80. The smallest absolute Gasteiger partial charge is 0.340 e. The van der Waals surface area contributed by atoms with E-state index in [0.717, 1.165) is 14.4 Å². The molecule has 1 aromatic heterocycles. The van der Waals surface area contributed by atoms with Crippen LogP contribution in [0.3, 0.4) is 0 Å². The lowest BCUT2D eigenvalue weighted by atomic mass is 10.2. The van der Waals surface area contributed by atoms with Crippen molar-refractivity contribution in [2.45, 2.75) is 16.8 Å². The van der Waals surface area contributed by atoms with Crippen molar-refractivity contribution in [3.63, 3.8) is 0 Å². The van der Waals surface area contributed by atoms with Gasteiger partial charge in [0.2, 0.25) is 0 Å². The topological polar surface area (TPSA) is 65.2 Å². The molecule has 2 rings (SSSR count). The molecule has 0 aliphatic heterocycles. The highest BCUT2D eigenvalue weighted by atomic mass is 79.9. The number of nitrogens with two attached hydrogens (primary N) is 1. The molecule has 104 valence electrons. The van der Waals surface area contributed by atoms with Crippen LogP contribution in [-0.2, 0) is 4.74 Å². The molecule has 0 radical (unpaired) electrons. The molecule has 0 bridgehead atoms. The van der Waals surface area contributed by atoms with Crippen LogP contribution in [-0.4, -0.2) is 17.6 Å². The van der Waals surface area contributed by atoms with E-state index in [1.807, 2.05) is 18.2 Å². The van der Waals surface area contributed by atoms with Crippen LogP contribution in [0, 0.1) is 0 Å². The highest BCUT2D eigenvalue weighted by molar-refractivity contribution is 9.10. The van der Waals surface area contributed by atoms with Crippen molar-refractivity contribution >= 4 is 39.3 Å². The lowest BCUT2D eigenvalue weighted by molar-refractivity contribution is 0.0527. The first-order valence-electron chi connectivity index (χ1n) is 5.96. The molecule has 0 atom stereocenters. The molecular formula is C14H13BrN2O2S. The molecule has 6 heteroatoms. The van der Waals surface area contributed by atoms with Crippen molar-refractivity contribution in [3.05, 3.63) is 46.6 Å². The molecule has 0 aliphatic carbocycles. The Morgan fingerprint density at radius 1 is 1.40 bits per heavy atom. The van der Waals surface area contributed by atoms with E-state index >= 15 is 0 Å². The van der Waals surface area contributed by atoms with Crippen LogP contribution in [0.4, 0.5) is 5.69 Å². The van der Waals surface area contributed by atoms with E-state index in [9.17, 15) is 4.79 Å². The van der Waals surface area contributed by atoms with Crippen molar-refractivity contribution in [1.82, 2.24) is 4.98 Å². The molecule has 0 unspecified atom stereocenters. The van der Waals surface area contributed by atoms with Gasteiger partial charge in [0, 0.05) is 21.3 Å². The molecule has 0 fully saturated rings. The molecule has 0 saturated heterocycles. The molecule has 20 heavy (non-hydrogen) atoms. The van der Waals surface area contributed by atoms with Gasteiger partial charge < -0.3 is 10.5 Å². The number of hydrogen-bond acceptors (Lipinski definition) is 5. The minimum absolute atomic E-state index is 0.323. The zero-order chi connectivity index (χ0) is 14.5. The minimum Gasteiger partial charge on any atom is -0.462 e. The number of esters is 1. The number of carbonyl (C=O) groups excluding carboxylic acids is 1.